The Labute approximate surface area is 97.4 Å². The number of rotatable bonds is 5. The van der Waals surface area contributed by atoms with Crippen molar-refractivity contribution in [1.29, 1.82) is 0 Å². The summed E-state index contributed by atoms with van der Waals surface area (Å²) in [6, 6.07) is 5.74. The molecule has 0 aliphatic carbocycles. The molecule has 0 aromatic carbocycles. The second-order valence-electron chi connectivity index (χ2n) is 4.76. The average molecular weight is 223 g/mol. The van der Waals surface area contributed by atoms with Crippen molar-refractivity contribution in [3.05, 3.63) is 18.2 Å². The highest BCUT2D eigenvalue weighted by atomic mass is 16.5. The first-order valence-electron chi connectivity index (χ1n) is 5.41. The summed E-state index contributed by atoms with van der Waals surface area (Å²) in [5.74, 6) is 1.54. The van der Waals surface area contributed by atoms with E-state index in [0.29, 0.717) is 12.4 Å². The van der Waals surface area contributed by atoms with E-state index < -0.39 is 0 Å². The van der Waals surface area contributed by atoms with Gasteiger partial charge in [0.1, 0.15) is 5.82 Å². The Morgan fingerprint density at radius 1 is 1.44 bits per heavy atom. The molecule has 2 N–H and O–H groups in total. The summed E-state index contributed by atoms with van der Waals surface area (Å²) in [7, 11) is 3.63. The maximum Gasteiger partial charge on any atom is 0.214 e. The van der Waals surface area contributed by atoms with E-state index in [1.807, 2.05) is 25.2 Å². The summed E-state index contributed by atoms with van der Waals surface area (Å²) >= 11 is 0. The molecule has 0 saturated heterocycles. The van der Waals surface area contributed by atoms with Gasteiger partial charge in [-0.3, -0.25) is 0 Å². The lowest BCUT2D eigenvalue weighted by atomic mass is 9.93. The van der Waals surface area contributed by atoms with Crippen molar-refractivity contribution in [3.8, 4) is 5.88 Å². The van der Waals surface area contributed by atoms with Crippen LogP contribution < -0.4 is 15.4 Å². The molecular weight excluding hydrogens is 202 g/mol. The fraction of sp³-hybridized carbons (Fsp3) is 0.583. The molecule has 1 rings (SSSR count). The largest absolute Gasteiger partial charge is 0.481 e. The number of hydrogen-bond acceptors (Lipinski definition) is 4. The van der Waals surface area contributed by atoms with Gasteiger partial charge in [-0.1, -0.05) is 19.9 Å². The van der Waals surface area contributed by atoms with Gasteiger partial charge in [-0.25, -0.2) is 0 Å². The molecule has 4 heteroatoms. The molecule has 0 saturated carbocycles. The molecule has 16 heavy (non-hydrogen) atoms. The molecule has 0 aliphatic rings. The zero-order valence-electron chi connectivity index (χ0n) is 10.5. The smallest absolute Gasteiger partial charge is 0.214 e. The van der Waals surface area contributed by atoms with Crippen LogP contribution in [0.1, 0.15) is 13.8 Å². The van der Waals surface area contributed by atoms with E-state index in [2.05, 4.69) is 23.7 Å². The van der Waals surface area contributed by atoms with Crippen LogP contribution >= 0.6 is 0 Å². The maximum atomic E-state index is 5.72. The third kappa shape index (κ3) is 3.38. The van der Waals surface area contributed by atoms with Gasteiger partial charge in [0.05, 0.1) is 7.11 Å². The highest BCUT2D eigenvalue weighted by molar-refractivity contribution is 5.39. The van der Waals surface area contributed by atoms with Gasteiger partial charge in [-0.05, 0) is 18.0 Å². The number of anilines is 1. The Morgan fingerprint density at radius 2 is 2.12 bits per heavy atom. The van der Waals surface area contributed by atoms with Crippen molar-refractivity contribution in [2.45, 2.75) is 13.8 Å². The molecule has 0 atom stereocenters. The first-order valence-corrected chi connectivity index (χ1v) is 5.41. The molecule has 0 aliphatic heterocycles. The van der Waals surface area contributed by atoms with Crippen LogP contribution in [0.15, 0.2) is 18.2 Å². The van der Waals surface area contributed by atoms with Crippen molar-refractivity contribution >= 4 is 5.82 Å². The van der Waals surface area contributed by atoms with E-state index in [1.54, 1.807) is 7.11 Å². The average Bonchev–Trinajstić information content (AvgIpc) is 2.28. The third-order valence-corrected chi connectivity index (χ3v) is 2.53. The predicted molar refractivity (Wildman–Crippen MR) is 66.9 cm³/mol. The van der Waals surface area contributed by atoms with Gasteiger partial charge in [0, 0.05) is 19.7 Å². The number of ether oxygens (including phenoxy) is 1. The molecule has 1 heterocycles. The minimum Gasteiger partial charge on any atom is -0.481 e. The van der Waals surface area contributed by atoms with Crippen molar-refractivity contribution in [1.82, 2.24) is 4.98 Å². The van der Waals surface area contributed by atoms with Crippen LogP contribution in [0.3, 0.4) is 0 Å². The SMILES string of the molecule is COc1cccc(N(C)CC(C)(C)CN)n1. The van der Waals surface area contributed by atoms with E-state index in [0.717, 1.165) is 12.4 Å². The van der Waals surface area contributed by atoms with Crippen LogP contribution in [0.25, 0.3) is 0 Å². The van der Waals surface area contributed by atoms with Gasteiger partial charge in [-0.15, -0.1) is 0 Å². The molecule has 0 bridgehead atoms. The first kappa shape index (κ1) is 12.8. The number of nitrogens with zero attached hydrogens (tertiary/aromatic N) is 2. The monoisotopic (exact) mass is 223 g/mol. The Balaban J connectivity index is 2.76. The fourth-order valence-corrected chi connectivity index (χ4v) is 1.52. The maximum absolute atomic E-state index is 5.72. The summed E-state index contributed by atoms with van der Waals surface area (Å²) < 4.78 is 5.10. The molecule has 90 valence electrons. The standard InChI is InChI=1S/C12H21N3O/c1-12(2,8-13)9-15(3)10-6-5-7-11(14-10)16-4/h5-7H,8-9,13H2,1-4H3. The second-order valence-corrected chi connectivity index (χ2v) is 4.76. The van der Waals surface area contributed by atoms with E-state index in [-0.39, 0.29) is 5.41 Å². The topological polar surface area (TPSA) is 51.4 Å². The summed E-state index contributed by atoms with van der Waals surface area (Å²) in [5, 5.41) is 0. The number of hydrogen-bond donors (Lipinski definition) is 1. The summed E-state index contributed by atoms with van der Waals surface area (Å²) in [6.07, 6.45) is 0. The Morgan fingerprint density at radius 3 is 2.69 bits per heavy atom. The van der Waals surface area contributed by atoms with Gasteiger partial charge in [0.15, 0.2) is 0 Å². The molecule has 0 radical (unpaired) electrons. The minimum atomic E-state index is 0.0828. The van der Waals surface area contributed by atoms with Gasteiger partial charge < -0.3 is 15.4 Å². The Hall–Kier alpha value is -1.29. The molecule has 4 nitrogen and oxygen atoms in total. The van der Waals surface area contributed by atoms with E-state index >= 15 is 0 Å². The van der Waals surface area contributed by atoms with Crippen molar-refractivity contribution in [3.63, 3.8) is 0 Å². The van der Waals surface area contributed by atoms with Crippen LogP contribution in [-0.4, -0.2) is 32.2 Å². The fourth-order valence-electron chi connectivity index (χ4n) is 1.52. The summed E-state index contributed by atoms with van der Waals surface area (Å²) in [6.45, 7) is 5.80. The van der Waals surface area contributed by atoms with Crippen molar-refractivity contribution in [2.75, 3.05) is 32.1 Å². The molecule has 1 aromatic heterocycles. The number of pyridine rings is 1. The normalized spacial score (nSPS) is 11.3. The summed E-state index contributed by atoms with van der Waals surface area (Å²) in [4.78, 5) is 6.47. The Bertz CT molecular complexity index is 339. The van der Waals surface area contributed by atoms with Crippen LogP contribution in [0.4, 0.5) is 5.82 Å². The highest BCUT2D eigenvalue weighted by Gasteiger charge is 2.18. The van der Waals surface area contributed by atoms with Crippen LogP contribution in [0.2, 0.25) is 0 Å². The molecule has 0 fully saturated rings. The van der Waals surface area contributed by atoms with Crippen molar-refractivity contribution < 1.29 is 4.74 Å². The number of aromatic nitrogens is 1. The van der Waals surface area contributed by atoms with Gasteiger partial charge in [0.2, 0.25) is 5.88 Å². The molecule has 0 unspecified atom stereocenters. The lowest BCUT2D eigenvalue weighted by Crippen LogP contribution is -2.37. The van der Waals surface area contributed by atoms with Crippen molar-refractivity contribution in [2.24, 2.45) is 11.1 Å². The van der Waals surface area contributed by atoms with Gasteiger partial charge in [0.25, 0.3) is 0 Å². The first-order chi connectivity index (χ1) is 7.48. The predicted octanol–water partition coefficient (Wildman–Crippen LogP) is 1.51. The molecular formula is C12H21N3O. The zero-order valence-corrected chi connectivity index (χ0v) is 10.5. The minimum absolute atomic E-state index is 0.0828. The molecule has 0 amide bonds. The molecule has 1 aromatic rings. The van der Waals surface area contributed by atoms with Crippen LogP contribution in [0, 0.1) is 5.41 Å². The van der Waals surface area contributed by atoms with E-state index in [1.165, 1.54) is 0 Å². The Kier molecular flexibility index (Phi) is 4.12. The zero-order chi connectivity index (χ0) is 12.2. The van der Waals surface area contributed by atoms with Crippen LogP contribution in [0.5, 0.6) is 5.88 Å². The van der Waals surface area contributed by atoms with E-state index in [9.17, 15) is 0 Å². The molecule has 0 spiro atoms. The number of methoxy groups -OCH3 is 1. The quantitative estimate of drug-likeness (QED) is 0.822. The lowest BCUT2D eigenvalue weighted by molar-refractivity contribution is 0.380. The van der Waals surface area contributed by atoms with Crippen LogP contribution in [-0.2, 0) is 0 Å². The highest BCUT2D eigenvalue weighted by Crippen LogP contribution is 2.20. The summed E-state index contributed by atoms with van der Waals surface area (Å²) in [5.41, 5.74) is 5.80. The lowest BCUT2D eigenvalue weighted by Gasteiger charge is -2.29. The van der Waals surface area contributed by atoms with Gasteiger partial charge >= 0.3 is 0 Å². The van der Waals surface area contributed by atoms with Gasteiger partial charge in [-0.2, -0.15) is 4.98 Å². The van der Waals surface area contributed by atoms with E-state index in [4.69, 9.17) is 10.5 Å². The number of nitrogens with two attached hydrogens (primary N) is 1. The third-order valence-electron chi connectivity index (χ3n) is 2.53. The second kappa shape index (κ2) is 5.16.